The molecule has 2 rings (SSSR count). The van der Waals surface area contributed by atoms with E-state index in [2.05, 4.69) is 21.2 Å². The minimum absolute atomic E-state index is 0.208. The molecular weight excluding hydrogens is 318 g/mol. The van der Waals surface area contributed by atoms with E-state index in [0.717, 1.165) is 8.66 Å². The third kappa shape index (κ3) is 3.20. The SMILES string of the molecule is O=C(/C=C/c1ccc(Br)s1)NCC1(C(=O)O)CC1. The van der Waals surface area contributed by atoms with Gasteiger partial charge in [0.2, 0.25) is 5.91 Å². The highest BCUT2D eigenvalue weighted by Gasteiger charge is 2.50. The molecule has 0 bridgehead atoms. The maximum Gasteiger partial charge on any atom is 0.311 e. The number of thiophene rings is 1. The molecule has 0 aliphatic heterocycles. The van der Waals surface area contributed by atoms with Crippen molar-refractivity contribution in [1.82, 2.24) is 5.32 Å². The summed E-state index contributed by atoms with van der Waals surface area (Å²) in [6, 6.07) is 3.81. The van der Waals surface area contributed by atoms with Gasteiger partial charge in [-0.2, -0.15) is 0 Å². The second-order valence-electron chi connectivity index (χ2n) is 4.28. The highest BCUT2D eigenvalue weighted by Crippen LogP contribution is 2.45. The zero-order valence-corrected chi connectivity index (χ0v) is 11.9. The topological polar surface area (TPSA) is 66.4 Å². The maximum absolute atomic E-state index is 11.5. The summed E-state index contributed by atoms with van der Waals surface area (Å²) in [6.07, 6.45) is 4.43. The van der Waals surface area contributed by atoms with Crippen molar-refractivity contribution in [3.63, 3.8) is 0 Å². The first-order valence-corrected chi connectivity index (χ1v) is 7.07. The monoisotopic (exact) mass is 329 g/mol. The van der Waals surface area contributed by atoms with Gasteiger partial charge in [0, 0.05) is 17.5 Å². The van der Waals surface area contributed by atoms with Gasteiger partial charge in [-0.25, -0.2) is 0 Å². The highest BCUT2D eigenvalue weighted by molar-refractivity contribution is 9.11. The summed E-state index contributed by atoms with van der Waals surface area (Å²) >= 11 is 4.87. The van der Waals surface area contributed by atoms with E-state index in [9.17, 15) is 9.59 Å². The van der Waals surface area contributed by atoms with Crippen LogP contribution in [0.5, 0.6) is 0 Å². The molecule has 1 aliphatic carbocycles. The predicted molar refractivity (Wildman–Crippen MR) is 73.4 cm³/mol. The van der Waals surface area contributed by atoms with E-state index in [0.29, 0.717) is 12.8 Å². The molecule has 18 heavy (non-hydrogen) atoms. The zero-order chi connectivity index (χ0) is 13.2. The van der Waals surface area contributed by atoms with E-state index >= 15 is 0 Å². The lowest BCUT2D eigenvalue weighted by molar-refractivity contribution is -0.143. The van der Waals surface area contributed by atoms with Gasteiger partial charge in [-0.3, -0.25) is 9.59 Å². The molecule has 2 N–H and O–H groups in total. The number of hydrogen-bond donors (Lipinski definition) is 2. The second-order valence-corrected chi connectivity index (χ2v) is 6.77. The Bertz CT molecular complexity index is 505. The fourth-order valence-electron chi connectivity index (χ4n) is 1.51. The first-order chi connectivity index (χ1) is 8.52. The van der Waals surface area contributed by atoms with Gasteiger partial charge in [0.1, 0.15) is 0 Å². The van der Waals surface area contributed by atoms with Crippen molar-refractivity contribution in [3.05, 3.63) is 26.9 Å². The quantitative estimate of drug-likeness (QED) is 0.815. The van der Waals surface area contributed by atoms with Crippen LogP contribution in [-0.4, -0.2) is 23.5 Å². The first kappa shape index (κ1) is 13.3. The molecule has 96 valence electrons. The van der Waals surface area contributed by atoms with Crippen LogP contribution in [0.3, 0.4) is 0 Å². The Morgan fingerprint density at radius 3 is 2.72 bits per heavy atom. The van der Waals surface area contributed by atoms with Gasteiger partial charge in [0.05, 0.1) is 9.20 Å². The summed E-state index contributed by atoms with van der Waals surface area (Å²) in [4.78, 5) is 23.4. The van der Waals surface area contributed by atoms with Crippen LogP contribution < -0.4 is 5.32 Å². The van der Waals surface area contributed by atoms with Crippen molar-refractivity contribution in [3.8, 4) is 0 Å². The summed E-state index contributed by atoms with van der Waals surface area (Å²) in [6.45, 7) is 0.208. The summed E-state index contributed by atoms with van der Waals surface area (Å²) in [7, 11) is 0. The molecule has 1 aromatic heterocycles. The van der Waals surface area contributed by atoms with Crippen molar-refractivity contribution in [2.45, 2.75) is 12.8 Å². The number of nitrogens with one attached hydrogen (secondary N) is 1. The number of carbonyl (C=O) groups is 2. The predicted octanol–water partition coefficient (Wildman–Crippen LogP) is 2.50. The van der Waals surface area contributed by atoms with Gasteiger partial charge in [-0.15, -0.1) is 11.3 Å². The van der Waals surface area contributed by atoms with E-state index < -0.39 is 11.4 Å². The third-order valence-corrected chi connectivity index (χ3v) is 4.49. The smallest absolute Gasteiger partial charge is 0.311 e. The van der Waals surface area contributed by atoms with Crippen LogP contribution in [-0.2, 0) is 9.59 Å². The number of hydrogen-bond acceptors (Lipinski definition) is 3. The Hall–Kier alpha value is -1.14. The van der Waals surface area contributed by atoms with E-state index in [4.69, 9.17) is 5.11 Å². The van der Waals surface area contributed by atoms with Gasteiger partial charge >= 0.3 is 5.97 Å². The van der Waals surface area contributed by atoms with Gasteiger partial charge in [-0.05, 0) is 47.0 Å². The average molecular weight is 330 g/mol. The standard InChI is InChI=1S/C12H12BrNO3S/c13-9-3-1-8(18-9)2-4-10(15)14-7-12(5-6-12)11(16)17/h1-4H,5-7H2,(H,14,15)(H,16,17)/b4-2+. The van der Waals surface area contributed by atoms with E-state index in [-0.39, 0.29) is 12.5 Å². The molecule has 6 heteroatoms. The molecule has 0 saturated heterocycles. The lowest BCUT2D eigenvalue weighted by Gasteiger charge is -2.09. The third-order valence-electron chi connectivity index (χ3n) is 2.90. The van der Waals surface area contributed by atoms with E-state index in [1.807, 2.05) is 12.1 Å². The molecular formula is C12H12BrNO3S. The van der Waals surface area contributed by atoms with Gasteiger partial charge in [-0.1, -0.05) is 0 Å². The molecule has 1 aliphatic rings. The lowest BCUT2D eigenvalue weighted by atomic mass is 10.1. The normalized spacial score (nSPS) is 16.7. The Balaban J connectivity index is 1.82. The molecule has 1 saturated carbocycles. The molecule has 0 spiro atoms. The maximum atomic E-state index is 11.5. The average Bonchev–Trinajstić information content (AvgIpc) is 3.02. The van der Waals surface area contributed by atoms with Gasteiger partial charge in [0.15, 0.2) is 0 Å². The van der Waals surface area contributed by atoms with Crippen molar-refractivity contribution >= 4 is 45.2 Å². The van der Waals surface area contributed by atoms with E-state index in [1.54, 1.807) is 6.08 Å². The minimum Gasteiger partial charge on any atom is -0.481 e. The minimum atomic E-state index is -0.825. The van der Waals surface area contributed by atoms with Crippen LogP contribution in [0.1, 0.15) is 17.7 Å². The highest BCUT2D eigenvalue weighted by atomic mass is 79.9. The Labute approximate surface area is 117 Å². The molecule has 1 heterocycles. The zero-order valence-electron chi connectivity index (χ0n) is 9.48. The summed E-state index contributed by atoms with van der Waals surface area (Å²) in [5.41, 5.74) is -0.713. The molecule has 1 fully saturated rings. The Morgan fingerprint density at radius 1 is 1.50 bits per heavy atom. The van der Waals surface area contributed by atoms with Crippen molar-refractivity contribution in [2.75, 3.05) is 6.54 Å². The van der Waals surface area contributed by atoms with Crippen LogP contribution in [0.15, 0.2) is 22.0 Å². The van der Waals surface area contributed by atoms with Crippen LogP contribution in [0.4, 0.5) is 0 Å². The Morgan fingerprint density at radius 2 is 2.22 bits per heavy atom. The molecule has 4 nitrogen and oxygen atoms in total. The molecule has 1 amide bonds. The fraction of sp³-hybridized carbons (Fsp3) is 0.333. The van der Waals surface area contributed by atoms with Gasteiger partial charge in [0.25, 0.3) is 0 Å². The number of aliphatic carboxylic acids is 1. The summed E-state index contributed by atoms with van der Waals surface area (Å²) in [5.74, 6) is -1.08. The first-order valence-electron chi connectivity index (χ1n) is 5.46. The van der Waals surface area contributed by atoms with Crippen LogP contribution in [0.2, 0.25) is 0 Å². The van der Waals surface area contributed by atoms with Crippen LogP contribution in [0.25, 0.3) is 6.08 Å². The van der Waals surface area contributed by atoms with Crippen molar-refractivity contribution in [2.24, 2.45) is 5.41 Å². The second kappa shape index (κ2) is 5.24. The van der Waals surface area contributed by atoms with Crippen LogP contribution in [0, 0.1) is 5.41 Å². The number of amides is 1. The van der Waals surface area contributed by atoms with E-state index in [1.165, 1.54) is 17.4 Å². The summed E-state index contributed by atoms with van der Waals surface area (Å²) < 4.78 is 1.00. The van der Waals surface area contributed by atoms with Gasteiger partial charge < -0.3 is 10.4 Å². The molecule has 1 aromatic rings. The molecule has 0 atom stereocenters. The number of rotatable bonds is 5. The van der Waals surface area contributed by atoms with Crippen molar-refractivity contribution < 1.29 is 14.7 Å². The molecule has 0 unspecified atom stereocenters. The Kier molecular flexibility index (Phi) is 3.87. The fourth-order valence-corrected chi connectivity index (χ4v) is 2.83. The lowest BCUT2D eigenvalue weighted by Crippen LogP contribution is -2.33. The number of carboxylic acids is 1. The molecule has 0 radical (unpaired) electrons. The molecule has 0 aromatic carbocycles. The van der Waals surface area contributed by atoms with Crippen LogP contribution >= 0.6 is 27.3 Å². The number of carbonyl (C=O) groups excluding carboxylic acids is 1. The number of carboxylic acid groups (broad SMARTS) is 1. The summed E-state index contributed by atoms with van der Waals surface area (Å²) in [5, 5.41) is 11.6. The largest absolute Gasteiger partial charge is 0.481 e. The number of halogens is 1. The van der Waals surface area contributed by atoms with Crippen molar-refractivity contribution in [1.29, 1.82) is 0 Å².